The molecule has 0 aliphatic rings. The molecule has 0 saturated carbocycles. The predicted molar refractivity (Wildman–Crippen MR) is 92.9 cm³/mol. The lowest BCUT2D eigenvalue weighted by Gasteiger charge is -2.11. The molecule has 7 nitrogen and oxygen atoms in total. The van der Waals surface area contributed by atoms with Gasteiger partial charge in [0.15, 0.2) is 11.5 Å². The molecule has 4 aromatic rings. The van der Waals surface area contributed by atoms with Crippen LogP contribution in [-0.4, -0.2) is 30.7 Å². The number of pyridine rings is 1. The maximum absolute atomic E-state index is 12.5. The van der Waals surface area contributed by atoms with Crippen molar-refractivity contribution in [1.82, 2.24) is 30.1 Å². The second-order valence-electron chi connectivity index (χ2n) is 5.72. The van der Waals surface area contributed by atoms with E-state index in [2.05, 4.69) is 25.7 Å². The van der Waals surface area contributed by atoms with Crippen LogP contribution in [0.5, 0.6) is 0 Å². The number of hydrogen-bond acceptors (Lipinski definition) is 4. The molecule has 1 amide bonds. The van der Waals surface area contributed by atoms with Crippen LogP contribution in [0.15, 0.2) is 60.8 Å². The average molecular weight is 332 g/mol. The van der Waals surface area contributed by atoms with Crippen LogP contribution >= 0.6 is 0 Å². The number of rotatable bonds is 4. The Morgan fingerprint density at radius 2 is 1.92 bits per heavy atom. The maximum Gasteiger partial charge on any atom is 0.269 e. The van der Waals surface area contributed by atoms with Crippen molar-refractivity contribution in [2.45, 2.75) is 13.0 Å². The van der Waals surface area contributed by atoms with E-state index in [4.69, 9.17) is 0 Å². The largest absolute Gasteiger partial charge is 0.341 e. The molecule has 0 spiro atoms. The summed E-state index contributed by atoms with van der Waals surface area (Å²) in [5.41, 5.74) is 2.83. The first kappa shape index (κ1) is 15.1. The lowest BCUT2D eigenvalue weighted by Crippen LogP contribution is -2.28. The van der Waals surface area contributed by atoms with Gasteiger partial charge in [0.25, 0.3) is 5.91 Å². The minimum absolute atomic E-state index is 0.241. The number of aromatic nitrogens is 5. The van der Waals surface area contributed by atoms with Gasteiger partial charge in [-0.05, 0) is 25.1 Å². The Morgan fingerprint density at radius 1 is 1.12 bits per heavy atom. The minimum atomic E-state index is -0.298. The number of fused-ring (bicyclic) bond motifs is 1. The molecule has 0 radical (unpaired) electrons. The van der Waals surface area contributed by atoms with Crippen LogP contribution in [0.4, 0.5) is 0 Å². The molecule has 3 heterocycles. The van der Waals surface area contributed by atoms with Crippen LogP contribution in [0.1, 0.15) is 29.3 Å². The fourth-order valence-electron chi connectivity index (χ4n) is 2.69. The summed E-state index contributed by atoms with van der Waals surface area (Å²) in [5.74, 6) is 0.432. The Kier molecular flexibility index (Phi) is 3.74. The Labute approximate surface area is 143 Å². The molecule has 3 aromatic heterocycles. The molecule has 2 N–H and O–H groups in total. The van der Waals surface area contributed by atoms with E-state index >= 15 is 0 Å². The number of amides is 1. The van der Waals surface area contributed by atoms with Crippen molar-refractivity contribution < 1.29 is 4.79 Å². The highest BCUT2D eigenvalue weighted by atomic mass is 16.2. The summed E-state index contributed by atoms with van der Waals surface area (Å²) in [6, 6.07) is 16.8. The van der Waals surface area contributed by atoms with Gasteiger partial charge >= 0.3 is 0 Å². The lowest BCUT2D eigenvalue weighted by molar-refractivity contribution is 0.0933. The number of carbonyl (C=O) groups excluding carboxylic acids is 1. The molecule has 0 bridgehead atoms. The fraction of sp³-hybridized carbons (Fsp3) is 0.111. The third-order valence-corrected chi connectivity index (χ3v) is 3.97. The highest BCUT2D eigenvalue weighted by molar-refractivity contribution is 5.93. The van der Waals surface area contributed by atoms with Crippen molar-refractivity contribution in [2.75, 3.05) is 0 Å². The van der Waals surface area contributed by atoms with Crippen molar-refractivity contribution in [3.05, 3.63) is 72.3 Å². The molecule has 0 saturated heterocycles. The number of benzene rings is 1. The van der Waals surface area contributed by atoms with Crippen LogP contribution in [0, 0.1) is 0 Å². The summed E-state index contributed by atoms with van der Waals surface area (Å²) >= 11 is 0. The summed E-state index contributed by atoms with van der Waals surface area (Å²) in [6.07, 6.45) is 1.87. The van der Waals surface area contributed by atoms with Crippen molar-refractivity contribution in [3.63, 3.8) is 0 Å². The Morgan fingerprint density at radius 3 is 2.76 bits per heavy atom. The highest BCUT2D eigenvalue weighted by Crippen LogP contribution is 2.18. The summed E-state index contributed by atoms with van der Waals surface area (Å²) in [5, 5.41) is 18.2. The zero-order valence-electron chi connectivity index (χ0n) is 13.5. The van der Waals surface area contributed by atoms with Gasteiger partial charge in [0.2, 0.25) is 0 Å². The third-order valence-electron chi connectivity index (χ3n) is 3.97. The topological polar surface area (TPSA) is 88.0 Å². The molecule has 7 heteroatoms. The highest BCUT2D eigenvalue weighted by Gasteiger charge is 2.18. The number of H-pyrrole nitrogens is 1. The van der Waals surface area contributed by atoms with E-state index < -0.39 is 0 Å². The first-order valence-corrected chi connectivity index (χ1v) is 7.94. The summed E-state index contributed by atoms with van der Waals surface area (Å²) < 4.78 is 1.85. The van der Waals surface area contributed by atoms with Crippen LogP contribution in [0.3, 0.4) is 0 Å². The van der Waals surface area contributed by atoms with Gasteiger partial charge < -0.3 is 5.32 Å². The Balaban J connectivity index is 1.53. The fourth-order valence-corrected chi connectivity index (χ4v) is 2.69. The molecule has 124 valence electrons. The van der Waals surface area contributed by atoms with Crippen LogP contribution in [0.25, 0.3) is 16.9 Å². The van der Waals surface area contributed by atoms with E-state index in [1.165, 1.54) is 0 Å². The Hall–Kier alpha value is -3.48. The van der Waals surface area contributed by atoms with Crippen LogP contribution in [-0.2, 0) is 0 Å². The van der Waals surface area contributed by atoms with E-state index in [-0.39, 0.29) is 11.9 Å². The first-order valence-electron chi connectivity index (χ1n) is 7.94. The van der Waals surface area contributed by atoms with Gasteiger partial charge in [0.1, 0.15) is 5.69 Å². The molecule has 0 unspecified atom stereocenters. The second kappa shape index (κ2) is 6.20. The van der Waals surface area contributed by atoms with Gasteiger partial charge in [-0.2, -0.15) is 5.10 Å². The zero-order chi connectivity index (χ0) is 17.2. The first-order chi connectivity index (χ1) is 12.2. The summed E-state index contributed by atoms with van der Waals surface area (Å²) in [6.45, 7) is 1.87. The van der Waals surface area contributed by atoms with Gasteiger partial charge in [-0.15, -0.1) is 10.2 Å². The molecule has 1 atom stereocenters. The summed E-state index contributed by atoms with van der Waals surface area (Å²) in [4.78, 5) is 12.5. The van der Waals surface area contributed by atoms with Gasteiger partial charge in [-0.25, -0.2) is 0 Å². The van der Waals surface area contributed by atoms with E-state index in [0.717, 1.165) is 16.9 Å². The molecule has 4 rings (SSSR count). The SMILES string of the molecule is C[C@H](NC(=O)c1cc(-c2ccccc2)n[nH]1)c1nnc2ccccn12. The number of nitrogens with one attached hydrogen (secondary N) is 2. The Bertz CT molecular complexity index is 1020. The van der Waals surface area contributed by atoms with E-state index in [1.54, 1.807) is 6.07 Å². The predicted octanol–water partition coefficient (Wildman–Crippen LogP) is 2.61. The zero-order valence-corrected chi connectivity index (χ0v) is 13.5. The van der Waals surface area contributed by atoms with Crippen LogP contribution < -0.4 is 5.32 Å². The molecule has 1 aromatic carbocycles. The van der Waals surface area contributed by atoms with Crippen molar-refractivity contribution in [2.24, 2.45) is 0 Å². The second-order valence-corrected chi connectivity index (χ2v) is 5.72. The normalized spacial score (nSPS) is 12.2. The molecule has 0 aliphatic carbocycles. The van der Waals surface area contributed by atoms with Crippen molar-refractivity contribution in [1.29, 1.82) is 0 Å². The summed E-state index contributed by atoms with van der Waals surface area (Å²) in [7, 11) is 0. The standard InChI is InChI=1S/C18H16N6O/c1-12(17-23-22-16-9-5-6-10-24(16)17)19-18(25)15-11-14(20-21-15)13-7-3-2-4-8-13/h2-12H,1H3,(H,19,25)(H,20,21)/t12-/m0/s1. The van der Waals surface area contributed by atoms with Gasteiger partial charge in [0, 0.05) is 11.8 Å². The monoisotopic (exact) mass is 332 g/mol. The van der Waals surface area contributed by atoms with Crippen molar-refractivity contribution in [3.8, 4) is 11.3 Å². The average Bonchev–Trinajstić information content (AvgIpc) is 3.30. The van der Waals surface area contributed by atoms with Gasteiger partial charge in [-0.3, -0.25) is 14.3 Å². The minimum Gasteiger partial charge on any atom is -0.341 e. The van der Waals surface area contributed by atoms with Gasteiger partial charge in [0.05, 0.1) is 11.7 Å². The molecular weight excluding hydrogens is 316 g/mol. The van der Waals surface area contributed by atoms with Crippen molar-refractivity contribution >= 4 is 11.6 Å². The maximum atomic E-state index is 12.5. The lowest BCUT2D eigenvalue weighted by atomic mass is 10.1. The third kappa shape index (κ3) is 2.87. The molecular formula is C18H16N6O. The van der Waals surface area contributed by atoms with Gasteiger partial charge in [-0.1, -0.05) is 36.4 Å². The van der Waals surface area contributed by atoms with E-state index in [0.29, 0.717) is 11.5 Å². The van der Waals surface area contributed by atoms with E-state index in [9.17, 15) is 4.79 Å². The molecule has 0 aliphatic heterocycles. The van der Waals surface area contributed by atoms with E-state index in [1.807, 2.05) is 66.1 Å². The number of carbonyl (C=O) groups is 1. The number of hydrogen-bond donors (Lipinski definition) is 2. The number of nitrogens with zero attached hydrogens (tertiary/aromatic N) is 4. The number of aromatic amines is 1. The smallest absolute Gasteiger partial charge is 0.269 e. The molecule has 25 heavy (non-hydrogen) atoms. The molecule has 0 fully saturated rings. The quantitative estimate of drug-likeness (QED) is 0.601. The van der Waals surface area contributed by atoms with Crippen LogP contribution in [0.2, 0.25) is 0 Å².